The molecular formula is C18H15BN4. The summed E-state index contributed by atoms with van der Waals surface area (Å²) in [6, 6.07) is 26.3. The van der Waals surface area contributed by atoms with E-state index in [4.69, 9.17) is 4.90 Å². The Morgan fingerprint density at radius 1 is 0.783 bits per heavy atom. The molecule has 0 saturated heterocycles. The molecule has 0 fully saturated rings. The first-order chi connectivity index (χ1) is 11.4. The monoisotopic (exact) mass is 298 g/mol. The van der Waals surface area contributed by atoms with Crippen LogP contribution in [0, 0.1) is 0 Å². The second-order valence-electron chi connectivity index (χ2n) is 5.29. The number of rotatable bonds is 3. The van der Waals surface area contributed by atoms with Crippen molar-refractivity contribution in [2.75, 3.05) is 4.92 Å². The van der Waals surface area contributed by atoms with E-state index < -0.39 is 0 Å². The minimum absolute atomic E-state index is 0.115. The van der Waals surface area contributed by atoms with Crippen molar-refractivity contribution in [1.82, 2.24) is 10.4 Å². The maximum Gasteiger partial charge on any atom is 0.451 e. The van der Waals surface area contributed by atoms with Gasteiger partial charge >= 0.3 is 6.98 Å². The third kappa shape index (κ3) is 2.69. The zero-order valence-corrected chi connectivity index (χ0v) is 12.5. The molecule has 1 aliphatic rings. The van der Waals surface area contributed by atoms with Crippen molar-refractivity contribution in [3.63, 3.8) is 0 Å². The summed E-state index contributed by atoms with van der Waals surface area (Å²) < 4.78 is 0. The highest BCUT2D eigenvalue weighted by atomic mass is 15.5. The summed E-state index contributed by atoms with van der Waals surface area (Å²) >= 11 is 0. The van der Waals surface area contributed by atoms with E-state index in [1.807, 2.05) is 54.6 Å². The Balaban J connectivity index is 1.75. The molecule has 0 unspecified atom stereocenters. The number of para-hydroxylation sites is 1. The maximum atomic E-state index is 4.86. The Kier molecular flexibility index (Phi) is 3.52. The van der Waals surface area contributed by atoms with E-state index in [1.54, 1.807) is 6.20 Å². The molecule has 0 spiro atoms. The molecule has 0 amide bonds. The number of benzene rings is 2. The van der Waals surface area contributed by atoms with E-state index in [9.17, 15) is 0 Å². The fourth-order valence-electron chi connectivity index (χ4n) is 2.65. The van der Waals surface area contributed by atoms with Crippen LogP contribution in [0.25, 0.3) is 0 Å². The lowest BCUT2D eigenvalue weighted by molar-refractivity contribution is 1.01. The molecule has 23 heavy (non-hydrogen) atoms. The smallest absolute Gasteiger partial charge is 0.300 e. The molecule has 0 aliphatic carbocycles. The number of amidine groups is 1. The summed E-state index contributed by atoms with van der Waals surface area (Å²) in [6.07, 6.45) is 1.78. The Morgan fingerprint density at radius 3 is 2.17 bits per heavy atom. The van der Waals surface area contributed by atoms with E-state index in [0.29, 0.717) is 0 Å². The van der Waals surface area contributed by atoms with Gasteiger partial charge in [-0.3, -0.25) is 15.3 Å². The SMILES string of the molecule is c1ccc(B2N=C(c3ccccn3)NN2c2ccccc2)cc1. The van der Waals surface area contributed by atoms with Gasteiger partial charge in [-0.25, -0.2) is 0 Å². The first-order valence-corrected chi connectivity index (χ1v) is 7.57. The first-order valence-electron chi connectivity index (χ1n) is 7.57. The average Bonchev–Trinajstić information content (AvgIpc) is 3.09. The van der Waals surface area contributed by atoms with Gasteiger partial charge in [0, 0.05) is 11.9 Å². The molecular weight excluding hydrogens is 283 g/mol. The number of nitrogens with one attached hydrogen (secondary N) is 1. The highest BCUT2D eigenvalue weighted by Crippen LogP contribution is 2.18. The van der Waals surface area contributed by atoms with Crippen LogP contribution in [-0.2, 0) is 0 Å². The summed E-state index contributed by atoms with van der Waals surface area (Å²) in [7, 11) is 0. The summed E-state index contributed by atoms with van der Waals surface area (Å²) in [5.74, 6) is 0.781. The normalized spacial score (nSPS) is 13.7. The first kappa shape index (κ1) is 13.6. The lowest BCUT2D eigenvalue weighted by Crippen LogP contribution is -2.50. The van der Waals surface area contributed by atoms with Crippen molar-refractivity contribution in [2.24, 2.45) is 4.90 Å². The van der Waals surface area contributed by atoms with Crippen molar-refractivity contribution < 1.29 is 0 Å². The quantitative estimate of drug-likeness (QED) is 0.754. The van der Waals surface area contributed by atoms with Gasteiger partial charge in [0.25, 0.3) is 0 Å². The number of hydrazine groups is 1. The predicted octanol–water partition coefficient (Wildman–Crippen LogP) is 2.25. The van der Waals surface area contributed by atoms with E-state index in [2.05, 4.69) is 39.6 Å². The molecule has 4 rings (SSSR count). The zero-order chi connectivity index (χ0) is 15.5. The van der Waals surface area contributed by atoms with Crippen LogP contribution in [0.4, 0.5) is 5.69 Å². The van der Waals surface area contributed by atoms with Gasteiger partial charge in [0.2, 0.25) is 0 Å². The van der Waals surface area contributed by atoms with Crippen LogP contribution < -0.4 is 15.8 Å². The van der Waals surface area contributed by atoms with Gasteiger partial charge in [0.15, 0.2) is 5.84 Å². The second kappa shape index (κ2) is 5.97. The van der Waals surface area contributed by atoms with Crippen molar-refractivity contribution >= 4 is 24.0 Å². The molecule has 1 N–H and O–H groups in total. The third-order valence-corrected chi connectivity index (χ3v) is 3.76. The fourth-order valence-corrected chi connectivity index (χ4v) is 2.65. The summed E-state index contributed by atoms with van der Waals surface area (Å²) in [4.78, 5) is 11.3. The van der Waals surface area contributed by atoms with E-state index in [1.165, 1.54) is 0 Å². The van der Waals surface area contributed by atoms with Gasteiger partial charge in [-0.2, -0.15) is 0 Å². The number of hydrogen-bond donors (Lipinski definition) is 1. The van der Waals surface area contributed by atoms with Gasteiger partial charge in [0.05, 0.1) is 0 Å². The van der Waals surface area contributed by atoms with Gasteiger partial charge < -0.3 is 4.92 Å². The number of hydrogen-bond acceptors (Lipinski definition) is 4. The van der Waals surface area contributed by atoms with Crippen LogP contribution in [0.3, 0.4) is 0 Å². The lowest BCUT2D eigenvalue weighted by Gasteiger charge is -2.23. The Hall–Kier alpha value is -3.08. The molecule has 3 aromatic rings. The molecule has 4 nitrogen and oxygen atoms in total. The minimum Gasteiger partial charge on any atom is -0.300 e. The molecule has 1 aliphatic heterocycles. The molecule has 0 radical (unpaired) electrons. The molecule has 0 bridgehead atoms. The van der Waals surface area contributed by atoms with Gasteiger partial charge in [-0.05, 0) is 29.7 Å². The topological polar surface area (TPSA) is 40.5 Å². The summed E-state index contributed by atoms with van der Waals surface area (Å²) in [6.45, 7) is -0.115. The number of anilines is 1. The molecule has 1 aromatic heterocycles. The number of pyridine rings is 1. The van der Waals surface area contributed by atoms with Crippen LogP contribution in [0.2, 0.25) is 0 Å². The molecule has 5 heteroatoms. The predicted molar refractivity (Wildman–Crippen MR) is 94.7 cm³/mol. The standard InChI is InChI=1S/C18H15BN4/c1-3-9-15(10-4-1)19-21-18(17-13-7-8-14-20-17)22-23(19)16-11-5-2-6-12-16/h1-14H,(H,21,22). The van der Waals surface area contributed by atoms with Crippen LogP contribution in [0.1, 0.15) is 5.69 Å². The highest BCUT2D eigenvalue weighted by Gasteiger charge is 2.34. The zero-order valence-electron chi connectivity index (χ0n) is 12.5. The summed E-state index contributed by atoms with van der Waals surface area (Å²) in [5.41, 5.74) is 6.43. The second-order valence-corrected chi connectivity index (χ2v) is 5.29. The molecule has 110 valence electrons. The van der Waals surface area contributed by atoms with E-state index >= 15 is 0 Å². The van der Waals surface area contributed by atoms with Crippen molar-refractivity contribution in [1.29, 1.82) is 0 Å². The largest absolute Gasteiger partial charge is 0.451 e. The van der Waals surface area contributed by atoms with Gasteiger partial charge in [-0.15, -0.1) is 0 Å². The molecule has 0 saturated carbocycles. The number of nitrogens with zero attached hydrogens (tertiary/aromatic N) is 3. The Bertz CT molecular complexity index is 806. The summed E-state index contributed by atoms with van der Waals surface area (Å²) in [5, 5.41) is 0. The van der Waals surface area contributed by atoms with Crippen LogP contribution in [0.15, 0.2) is 90.0 Å². The van der Waals surface area contributed by atoms with Crippen LogP contribution in [0.5, 0.6) is 0 Å². The van der Waals surface area contributed by atoms with Crippen LogP contribution in [-0.4, -0.2) is 17.8 Å². The Morgan fingerprint density at radius 2 is 1.48 bits per heavy atom. The van der Waals surface area contributed by atoms with Crippen LogP contribution >= 0.6 is 0 Å². The van der Waals surface area contributed by atoms with Crippen molar-refractivity contribution in [3.05, 3.63) is 90.8 Å². The fraction of sp³-hybridized carbons (Fsp3) is 0. The van der Waals surface area contributed by atoms with E-state index in [-0.39, 0.29) is 6.98 Å². The molecule has 2 aromatic carbocycles. The van der Waals surface area contributed by atoms with Gasteiger partial charge in [-0.1, -0.05) is 54.6 Å². The average molecular weight is 298 g/mol. The lowest BCUT2D eigenvalue weighted by atomic mass is 9.68. The minimum atomic E-state index is -0.115. The Labute approximate surface area is 135 Å². The van der Waals surface area contributed by atoms with Crippen molar-refractivity contribution in [2.45, 2.75) is 0 Å². The number of aromatic nitrogens is 1. The molecule has 2 heterocycles. The third-order valence-electron chi connectivity index (χ3n) is 3.76. The molecule has 0 atom stereocenters. The van der Waals surface area contributed by atoms with Gasteiger partial charge in [0.1, 0.15) is 5.69 Å². The van der Waals surface area contributed by atoms with Crippen molar-refractivity contribution in [3.8, 4) is 0 Å². The van der Waals surface area contributed by atoms with E-state index in [0.717, 1.165) is 22.7 Å². The highest BCUT2D eigenvalue weighted by molar-refractivity contribution is 6.77. The maximum absolute atomic E-state index is 4.86.